The summed E-state index contributed by atoms with van der Waals surface area (Å²) in [5.74, 6) is -0.460. The van der Waals surface area contributed by atoms with E-state index in [2.05, 4.69) is 9.97 Å². The summed E-state index contributed by atoms with van der Waals surface area (Å²) in [6.45, 7) is 4.33. The van der Waals surface area contributed by atoms with Crippen molar-refractivity contribution in [3.63, 3.8) is 0 Å². The first-order chi connectivity index (χ1) is 23.5. The number of hydrogen-bond acceptors (Lipinski definition) is 9. The Labute approximate surface area is 288 Å². The second kappa shape index (κ2) is 15.7. The smallest absolute Gasteiger partial charge is 0.200 e. The normalized spacial score (nSPS) is 18.8. The second-order valence-corrected chi connectivity index (χ2v) is 13.7. The minimum Gasteiger partial charge on any atom is -0.668 e. The van der Waals surface area contributed by atoms with Crippen LogP contribution in [0.25, 0.3) is 0 Å². The molecule has 0 amide bonds. The topological polar surface area (TPSA) is 169 Å². The number of anilines is 1. The lowest BCUT2D eigenvalue weighted by atomic mass is 9.59. The summed E-state index contributed by atoms with van der Waals surface area (Å²) >= 11 is 0. The summed E-state index contributed by atoms with van der Waals surface area (Å²) in [7, 11) is 1.49. The number of nitrogen functional groups attached to an aromatic ring is 1. The zero-order valence-corrected chi connectivity index (χ0v) is 28.5. The number of ether oxygens (including phenoxy) is 2. The van der Waals surface area contributed by atoms with Crippen molar-refractivity contribution in [2.75, 3.05) is 19.5 Å². The van der Waals surface area contributed by atoms with E-state index in [1.165, 1.54) is 13.2 Å². The summed E-state index contributed by atoms with van der Waals surface area (Å²) < 4.78 is 11.1. The van der Waals surface area contributed by atoms with E-state index in [1.807, 2.05) is 38.1 Å². The number of nitrogens with zero attached hydrogens (tertiary/aromatic N) is 2. The highest BCUT2D eigenvalue weighted by Gasteiger charge is 2.54. The van der Waals surface area contributed by atoms with Crippen LogP contribution in [0, 0.1) is 17.8 Å². The van der Waals surface area contributed by atoms with Gasteiger partial charge in [0.05, 0.1) is 25.7 Å². The van der Waals surface area contributed by atoms with Crippen molar-refractivity contribution >= 4 is 11.6 Å². The first-order valence-electron chi connectivity index (χ1n) is 17.0. The van der Waals surface area contributed by atoms with Crippen LogP contribution in [-0.4, -0.2) is 51.0 Å². The Kier molecular flexibility index (Phi) is 11.4. The van der Waals surface area contributed by atoms with Crippen LogP contribution in [0.3, 0.4) is 0 Å². The third-order valence-corrected chi connectivity index (χ3v) is 9.87. The maximum atomic E-state index is 14.7. The Balaban J connectivity index is 1.51. The molecule has 1 fully saturated rings. The van der Waals surface area contributed by atoms with Gasteiger partial charge >= 0.3 is 0 Å². The summed E-state index contributed by atoms with van der Waals surface area (Å²) in [6, 6.07) is 15.9. The Morgan fingerprint density at radius 1 is 1.04 bits per heavy atom. The van der Waals surface area contributed by atoms with Gasteiger partial charge in [-0.25, -0.2) is 4.98 Å². The number of Topliss-reactive ketones (excluding diaryl/α,β-unsaturated/α-hetero) is 1. The molecule has 2 aromatic heterocycles. The van der Waals surface area contributed by atoms with Crippen LogP contribution in [0.5, 0.6) is 28.7 Å². The number of carbonyl (C=O) groups is 1. The average Bonchev–Trinajstić information content (AvgIpc) is 3.75. The molecule has 2 heterocycles. The molecule has 0 bridgehead atoms. The van der Waals surface area contributed by atoms with Crippen molar-refractivity contribution in [2.45, 2.75) is 76.7 Å². The fraction of sp³-hybridized carbons (Fsp3) is 0.436. The number of pyridine rings is 1. The lowest BCUT2D eigenvalue weighted by Gasteiger charge is -2.45. The van der Waals surface area contributed by atoms with Crippen molar-refractivity contribution in [3.05, 3.63) is 89.4 Å². The molecule has 1 aliphatic rings. The van der Waals surface area contributed by atoms with Crippen LogP contribution >= 0.6 is 0 Å². The third kappa shape index (κ3) is 8.13. The molecule has 1 aliphatic carbocycles. The fourth-order valence-electron chi connectivity index (χ4n) is 7.59. The van der Waals surface area contributed by atoms with Crippen molar-refractivity contribution in [2.24, 2.45) is 17.8 Å². The Morgan fingerprint density at radius 2 is 1.84 bits per heavy atom. The molecule has 6 N–H and O–H groups in total. The number of nitrogens with two attached hydrogens (primary N) is 1. The van der Waals surface area contributed by atoms with Gasteiger partial charge in [0.1, 0.15) is 11.6 Å². The van der Waals surface area contributed by atoms with Gasteiger partial charge < -0.3 is 40.6 Å². The Hall–Kier alpha value is -4.70. The molecule has 0 aliphatic heterocycles. The van der Waals surface area contributed by atoms with Gasteiger partial charge in [-0.1, -0.05) is 38.5 Å². The molecule has 10 nitrogen and oxygen atoms in total. The highest BCUT2D eigenvalue weighted by molar-refractivity contribution is 5.84. The van der Waals surface area contributed by atoms with Gasteiger partial charge in [0.2, 0.25) is 5.75 Å². The third-order valence-electron chi connectivity index (χ3n) is 9.87. The molecule has 4 atom stereocenters. The standard InChI is InChI=1S/C39H48N3O7/c1-24(2)23-49-35-20-26(18-33(46)38(35)47)10-13-32(45)37(31(44)12-9-25-8-11-30(43)34(19-25)48-3)39(28-14-17-42-36(40)22-28)15-4-6-27(39)21-29-7-5-16-41-29/h5,7-8,11,14,16-20,22,24,27,31,37,43-44,46-47H,4,6,9-10,12-13,15,21,23H2,1-3H3,(H2,40,42)/q-1. The number of methoxy groups -OCH3 is 1. The number of hydrogen-bond donors (Lipinski definition) is 5. The van der Waals surface area contributed by atoms with Crippen molar-refractivity contribution < 1.29 is 34.7 Å². The summed E-state index contributed by atoms with van der Waals surface area (Å²) in [5.41, 5.74) is 8.81. The predicted molar refractivity (Wildman–Crippen MR) is 187 cm³/mol. The van der Waals surface area contributed by atoms with Crippen molar-refractivity contribution in [1.82, 2.24) is 9.97 Å². The number of aromatic nitrogens is 2. The van der Waals surface area contributed by atoms with Crippen LogP contribution in [0.15, 0.2) is 67.0 Å². The number of benzene rings is 2. The van der Waals surface area contributed by atoms with Gasteiger partial charge in [-0.2, -0.15) is 11.9 Å². The van der Waals surface area contributed by atoms with Crippen molar-refractivity contribution in [1.29, 1.82) is 0 Å². The number of aryl methyl sites for hydroxylation is 2. The van der Waals surface area contributed by atoms with Gasteiger partial charge in [0.25, 0.3) is 0 Å². The lowest BCUT2D eigenvalue weighted by Crippen LogP contribution is -2.49. The summed E-state index contributed by atoms with van der Waals surface area (Å²) in [6.07, 6.45) is 6.55. The number of aliphatic hydroxyl groups excluding tert-OH is 1. The van der Waals surface area contributed by atoms with E-state index in [0.29, 0.717) is 49.4 Å². The van der Waals surface area contributed by atoms with E-state index < -0.39 is 17.4 Å². The molecule has 2 aromatic carbocycles. The number of phenols is 3. The van der Waals surface area contributed by atoms with Crippen LogP contribution in [0.4, 0.5) is 5.82 Å². The zero-order chi connectivity index (χ0) is 35.1. The summed E-state index contributed by atoms with van der Waals surface area (Å²) in [5, 5.41) is 43.2. The minimum absolute atomic E-state index is 0.00433. The molecule has 0 radical (unpaired) electrons. The number of aliphatic hydroxyl groups is 1. The lowest BCUT2D eigenvalue weighted by molar-refractivity contribution is -0.131. The Morgan fingerprint density at radius 3 is 2.55 bits per heavy atom. The number of rotatable bonds is 16. The molecule has 4 aromatic rings. The molecule has 0 saturated heterocycles. The molecule has 262 valence electrons. The maximum Gasteiger partial charge on any atom is 0.200 e. The number of aromatic hydroxyl groups is 3. The Bertz CT molecular complexity index is 1710. The van der Waals surface area contributed by atoms with Crippen LogP contribution in [0.1, 0.15) is 68.3 Å². The van der Waals surface area contributed by atoms with Gasteiger partial charge in [0, 0.05) is 18.0 Å². The quantitative estimate of drug-likeness (QED) is 0.0909. The molecule has 49 heavy (non-hydrogen) atoms. The van der Waals surface area contributed by atoms with Gasteiger partial charge in [-0.3, -0.25) is 4.79 Å². The molecule has 1 saturated carbocycles. The highest BCUT2D eigenvalue weighted by Crippen LogP contribution is 2.54. The van der Waals surface area contributed by atoms with Gasteiger partial charge in [-0.15, -0.1) is 0 Å². The van der Waals surface area contributed by atoms with E-state index in [9.17, 15) is 25.2 Å². The largest absolute Gasteiger partial charge is 0.668 e. The fourth-order valence-corrected chi connectivity index (χ4v) is 7.59. The predicted octanol–water partition coefficient (Wildman–Crippen LogP) is 5.87. The van der Waals surface area contributed by atoms with Crippen molar-refractivity contribution in [3.8, 4) is 28.7 Å². The van der Waals surface area contributed by atoms with Crippen LogP contribution in [0.2, 0.25) is 0 Å². The molecular formula is C39H48N3O7-. The second-order valence-electron chi connectivity index (χ2n) is 13.7. The average molecular weight is 671 g/mol. The first kappa shape index (κ1) is 35.6. The molecular weight excluding hydrogens is 622 g/mol. The highest BCUT2D eigenvalue weighted by atomic mass is 16.5. The number of phenolic OH excluding ortho intramolecular Hbond substituents is 3. The van der Waals surface area contributed by atoms with E-state index in [4.69, 9.17) is 15.2 Å². The van der Waals surface area contributed by atoms with Crippen LogP contribution in [-0.2, 0) is 29.5 Å². The molecule has 10 heteroatoms. The van der Waals surface area contributed by atoms with E-state index in [1.54, 1.807) is 36.7 Å². The molecule has 4 unspecified atom stereocenters. The van der Waals surface area contributed by atoms with E-state index in [-0.39, 0.29) is 53.5 Å². The number of ketones is 1. The minimum atomic E-state index is -1.02. The van der Waals surface area contributed by atoms with Crippen LogP contribution < -0.4 is 20.2 Å². The first-order valence-corrected chi connectivity index (χ1v) is 17.0. The molecule has 0 spiro atoms. The molecule has 5 rings (SSSR count). The maximum absolute atomic E-state index is 14.7. The SMILES string of the molecule is COc1cc(CCC(O)C(C(=O)CCc2cc(O)c(O)c(OCC(C)C)c2)C2(c3ccnc(N)c3)CCCC2Cc2ccc[n-]2)ccc1O. The summed E-state index contributed by atoms with van der Waals surface area (Å²) in [4.78, 5) is 23.6. The number of carbonyl (C=O) groups excluding carboxylic acids is 1. The van der Waals surface area contributed by atoms with E-state index >= 15 is 0 Å². The van der Waals surface area contributed by atoms with Gasteiger partial charge in [0.15, 0.2) is 23.0 Å². The van der Waals surface area contributed by atoms with E-state index in [0.717, 1.165) is 29.7 Å². The van der Waals surface area contributed by atoms with Gasteiger partial charge in [-0.05, 0) is 103 Å². The zero-order valence-electron chi connectivity index (χ0n) is 28.5. The monoisotopic (exact) mass is 670 g/mol.